The van der Waals surface area contributed by atoms with Gasteiger partial charge in [-0.25, -0.2) is 4.98 Å². The number of amides is 1. The minimum Gasteiger partial charge on any atom is -0.376 e. The molecule has 1 aliphatic heterocycles. The molecule has 2 aromatic carbocycles. The number of aryl methyl sites for hydroxylation is 1. The second kappa shape index (κ2) is 8.42. The van der Waals surface area contributed by atoms with Crippen molar-refractivity contribution in [2.75, 3.05) is 18.1 Å². The number of carbonyl (C=O) groups excluding carboxylic acids is 1. The van der Waals surface area contributed by atoms with Crippen LogP contribution in [0.4, 0.5) is 5.13 Å². The number of ether oxygens (including phenoxy) is 1. The summed E-state index contributed by atoms with van der Waals surface area (Å²) in [4.78, 5) is 20.3. The molecule has 158 valence electrons. The topological polar surface area (TPSA) is 68.5 Å². The number of hydrogen-bond acceptors (Lipinski definition) is 6. The van der Waals surface area contributed by atoms with E-state index in [-0.39, 0.29) is 12.0 Å². The molecule has 1 saturated heterocycles. The van der Waals surface area contributed by atoms with Crippen LogP contribution in [-0.2, 0) is 4.74 Å². The summed E-state index contributed by atoms with van der Waals surface area (Å²) in [5, 5.41) is 5.30. The molecule has 4 aromatic rings. The molecule has 0 N–H and O–H groups in total. The quantitative estimate of drug-likeness (QED) is 0.385. The summed E-state index contributed by atoms with van der Waals surface area (Å²) in [6.07, 6.45) is 1.87. The Morgan fingerprint density at radius 3 is 2.81 bits per heavy atom. The second-order valence-corrected chi connectivity index (χ2v) is 8.87. The van der Waals surface area contributed by atoms with Gasteiger partial charge in [-0.05, 0) is 38.0 Å². The maximum Gasteiger partial charge on any atom is 0.266 e. The first-order chi connectivity index (χ1) is 15.1. The molecule has 0 bridgehead atoms. The van der Waals surface area contributed by atoms with E-state index in [0.717, 1.165) is 23.1 Å². The van der Waals surface area contributed by atoms with E-state index in [9.17, 15) is 4.79 Å². The van der Waals surface area contributed by atoms with Gasteiger partial charge in [0.1, 0.15) is 17.0 Å². The summed E-state index contributed by atoms with van der Waals surface area (Å²) in [5.74, 6) is 0.224. The van der Waals surface area contributed by atoms with Crippen LogP contribution in [0.2, 0.25) is 5.02 Å². The van der Waals surface area contributed by atoms with Crippen molar-refractivity contribution in [3.8, 4) is 11.3 Å². The van der Waals surface area contributed by atoms with Crippen molar-refractivity contribution in [3.05, 3.63) is 64.9 Å². The largest absolute Gasteiger partial charge is 0.376 e. The third-order valence-electron chi connectivity index (χ3n) is 5.37. The maximum atomic E-state index is 13.9. The molecule has 0 unspecified atom stereocenters. The zero-order valence-corrected chi connectivity index (χ0v) is 18.4. The van der Waals surface area contributed by atoms with Crippen molar-refractivity contribution in [2.24, 2.45) is 0 Å². The minimum atomic E-state index is -0.219. The fourth-order valence-corrected chi connectivity index (χ4v) is 5.01. The first kappa shape index (κ1) is 20.2. The monoisotopic (exact) mass is 453 g/mol. The van der Waals surface area contributed by atoms with Crippen molar-refractivity contribution in [2.45, 2.75) is 25.9 Å². The van der Waals surface area contributed by atoms with Crippen LogP contribution in [0.3, 0.4) is 0 Å². The van der Waals surface area contributed by atoms with Gasteiger partial charge >= 0.3 is 0 Å². The molecule has 0 aliphatic carbocycles. The van der Waals surface area contributed by atoms with Crippen molar-refractivity contribution in [3.63, 3.8) is 0 Å². The molecular formula is C23H20ClN3O3S. The number of rotatable bonds is 5. The molecule has 1 amide bonds. The van der Waals surface area contributed by atoms with Gasteiger partial charge in [0.05, 0.1) is 27.9 Å². The number of anilines is 1. The van der Waals surface area contributed by atoms with E-state index in [0.29, 0.717) is 45.9 Å². The highest BCUT2D eigenvalue weighted by Gasteiger charge is 2.32. The van der Waals surface area contributed by atoms with Crippen LogP contribution in [0.15, 0.2) is 53.1 Å². The smallest absolute Gasteiger partial charge is 0.266 e. The number of nitrogens with zero attached hydrogens (tertiary/aromatic N) is 3. The number of aromatic nitrogens is 2. The SMILES string of the molecule is Cc1onc(-c2ccccc2Cl)c1C(=O)N(C[C@@H]1CCCO1)c1nc2ccccc2s1. The predicted octanol–water partition coefficient (Wildman–Crippen LogP) is 5.74. The summed E-state index contributed by atoms with van der Waals surface area (Å²) >= 11 is 7.88. The molecule has 5 rings (SSSR count). The van der Waals surface area contributed by atoms with Gasteiger partial charge in [-0.3, -0.25) is 9.69 Å². The van der Waals surface area contributed by atoms with Crippen LogP contribution in [0, 0.1) is 6.92 Å². The van der Waals surface area contributed by atoms with Gasteiger partial charge in [0.15, 0.2) is 5.13 Å². The Kier molecular flexibility index (Phi) is 5.48. The van der Waals surface area contributed by atoms with E-state index in [1.54, 1.807) is 17.9 Å². The molecule has 8 heteroatoms. The summed E-state index contributed by atoms with van der Waals surface area (Å²) in [5.41, 5.74) is 2.35. The predicted molar refractivity (Wildman–Crippen MR) is 122 cm³/mol. The lowest BCUT2D eigenvalue weighted by molar-refractivity contribution is 0.0916. The number of para-hydroxylation sites is 1. The average molecular weight is 454 g/mol. The van der Waals surface area contributed by atoms with Crippen LogP contribution in [0.5, 0.6) is 0 Å². The maximum absolute atomic E-state index is 13.9. The molecule has 2 aromatic heterocycles. The minimum absolute atomic E-state index is 0.0279. The van der Waals surface area contributed by atoms with Gasteiger partial charge in [-0.1, -0.05) is 58.4 Å². The summed E-state index contributed by atoms with van der Waals surface area (Å²) in [6.45, 7) is 2.87. The fourth-order valence-electron chi connectivity index (χ4n) is 3.81. The number of fused-ring (bicyclic) bond motifs is 1. The van der Waals surface area contributed by atoms with Crippen LogP contribution < -0.4 is 4.90 Å². The number of halogens is 1. The standard InChI is InChI=1S/C23H20ClN3O3S/c1-14-20(21(26-30-14)16-8-2-3-9-17(16)24)22(28)27(13-15-7-6-12-29-15)23-25-18-10-4-5-11-19(18)31-23/h2-5,8-11,15H,6-7,12-13H2,1H3/t15-/m0/s1. The van der Waals surface area contributed by atoms with Crippen molar-refractivity contribution in [1.82, 2.24) is 10.1 Å². The summed E-state index contributed by atoms with van der Waals surface area (Å²) < 4.78 is 12.3. The Bertz CT molecular complexity index is 1210. The number of benzene rings is 2. The Labute approximate surface area is 188 Å². The van der Waals surface area contributed by atoms with Gasteiger partial charge in [0, 0.05) is 12.2 Å². The lowest BCUT2D eigenvalue weighted by atomic mass is 10.0. The fraction of sp³-hybridized carbons (Fsp3) is 0.261. The van der Waals surface area contributed by atoms with Crippen molar-refractivity contribution < 1.29 is 14.1 Å². The van der Waals surface area contributed by atoms with E-state index in [4.69, 9.17) is 25.8 Å². The van der Waals surface area contributed by atoms with E-state index in [2.05, 4.69) is 5.16 Å². The highest BCUT2D eigenvalue weighted by atomic mass is 35.5. The summed E-state index contributed by atoms with van der Waals surface area (Å²) in [7, 11) is 0. The Morgan fingerprint density at radius 2 is 2.03 bits per heavy atom. The number of hydrogen-bond donors (Lipinski definition) is 0. The first-order valence-electron chi connectivity index (χ1n) is 10.1. The lowest BCUT2D eigenvalue weighted by Crippen LogP contribution is -2.37. The molecule has 1 aliphatic rings. The normalized spacial score (nSPS) is 16.1. The van der Waals surface area contributed by atoms with Crippen LogP contribution in [-0.4, -0.2) is 35.3 Å². The van der Waals surface area contributed by atoms with Gasteiger partial charge in [0.2, 0.25) is 0 Å². The molecule has 0 saturated carbocycles. The van der Waals surface area contributed by atoms with Crippen LogP contribution in [0.1, 0.15) is 29.0 Å². The molecule has 6 nitrogen and oxygen atoms in total. The number of thiazole rings is 1. The second-order valence-electron chi connectivity index (χ2n) is 7.46. The average Bonchev–Trinajstić information content (AvgIpc) is 3.51. The molecule has 31 heavy (non-hydrogen) atoms. The van der Waals surface area contributed by atoms with Crippen molar-refractivity contribution in [1.29, 1.82) is 0 Å². The van der Waals surface area contributed by atoms with Gasteiger partial charge < -0.3 is 9.26 Å². The van der Waals surface area contributed by atoms with E-state index >= 15 is 0 Å². The Hall–Kier alpha value is -2.74. The van der Waals surface area contributed by atoms with E-state index < -0.39 is 0 Å². The highest BCUT2D eigenvalue weighted by molar-refractivity contribution is 7.22. The zero-order chi connectivity index (χ0) is 21.4. The Balaban J connectivity index is 1.59. The van der Waals surface area contributed by atoms with Crippen LogP contribution >= 0.6 is 22.9 Å². The first-order valence-corrected chi connectivity index (χ1v) is 11.3. The van der Waals surface area contributed by atoms with Gasteiger partial charge in [0.25, 0.3) is 5.91 Å². The number of carbonyl (C=O) groups is 1. The zero-order valence-electron chi connectivity index (χ0n) is 16.9. The Morgan fingerprint density at radius 1 is 1.23 bits per heavy atom. The molecule has 0 spiro atoms. The van der Waals surface area contributed by atoms with Gasteiger partial charge in [-0.15, -0.1) is 0 Å². The third-order valence-corrected chi connectivity index (χ3v) is 6.76. The van der Waals surface area contributed by atoms with Crippen molar-refractivity contribution >= 4 is 44.2 Å². The third kappa shape index (κ3) is 3.84. The molecule has 1 fully saturated rings. The molecule has 1 atom stereocenters. The molecule has 0 radical (unpaired) electrons. The highest BCUT2D eigenvalue weighted by Crippen LogP contribution is 2.35. The lowest BCUT2D eigenvalue weighted by Gasteiger charge is -2.23. The molecule has 3 heterocycles. The van der Waals surface area contributed by atoms with Crippen LogP contribution in [0.25, 0.3) is 21.5 Å². The summed E-state index contributed by atoms with van der Waals surface area (Å²) in [6, 6.07) is 15.2. The van der Waals surface area contributed by atoms with E-state index in [1.165, 1.54) is 11.3 Å². The van der Waals surface area contributed by atoms with E-state index in [1.807, 2.05) is 42.5 Å². The molecular weight excluding hydrogens is 434 g/mol. The van der Waals surface area contributed by atoms with Gasteiger partial charge in [-0.2, -0.15) is 0 Å².